The Kier molecular flexibility index (Phi) is 5.96. The number of rotatable bonds is 6. The van der Waals surface area contributed by atoms with E-state index in [9.17, 15) is 4.79 Å². The summed E-state index contributed by atoms with van der Waals surface area (Å²) in [5.41, 5.74) is 4.50. The first-order valence-corrected chi connectivity index (χ1v) is 10.8. The van der Waals surface area contributed by atoms with Crippen LogP contribution in [-0.4, -0.2) is 51.9 Å². The molecule has 0 bridgehead atoms. The molecule has 6 heteroatoms. The standard InChI is InChI=1S/C26H24N4O2/c31-26(20-3-1-19(2-4-20)18-30-9-11-32-12-10-30)15-24-14-23-13-21(5-6-22(23)16-29-24)25-17-27-7-8-28-25/h1-8,13-14,16-17H,9-12,15,18H2. The van der Waals surface area contributed by atoms with E-state index in [1.54, 1.807) is 18.6 Å². The van der Waals surface area contributed by atoms with Crippen LogP contribution in [-0.2, 0) is 17.7 Å². The number of morpholine rings is 1. The van der Waals surface area contributed by atoms with Crippen molar-refractivity contribution in [3.05, 3.63) is 90.1 Å². The molecule has 32 heavy (non-hydrogen) atoms. The summed E-state index contributed by atoms with van der Waals surface area (Å²) in [4.78, 5) is 28.2. The number of ketones is 1. The number of fused-ring (bicyclic) bond motifs is 1. The van der Waals surface area contributed by atoms with Gasteiger partial charge in [0.15, 0.2) is 5.78 Å². The van der Waals surface area contributed by atoms with Gasteiger partial charge in [-0.05, 0) is 23.1 Å². The minimum absolute atomic E-state index is 0.0693. The summed E-state index contributed by atoms with van der Waals surface area (Å²) in [6.07, 6.45) is 7.18. The van der Waals surface area contributed by atoms with Crippen LogP contribution in [0.15, 0.2) is 73.3 Å². The number of carbonyl (C=O) groups is 1. The number of benzene rings is 2. The first-order chi connectivity index (χ1) is 15.7. The van der Waals surface area contributed by atoms with Gasteiger partial charge in [0, 0.05) is 60.4 Å². The lowest BCUT2D eigenvalue weighted by Gasteiger charge is -2.26. The third-order valence-corrected chi connectivity index (χ3v) is 5.76. The molecule has 2 aromatic carbocycles. The van der Waals surface area contributed by atoms with Gasteiger partial charge < -0.3 is 4.74 Å². The van der Waals surface area contributed by atoms with Crippen LogP contribution in [0.2, 0.25) is 0 Å². The highest BCUT2D eigenvalue weighted by atomic mass is 16.5. The highest BCUT2D eigenvalue weighted by Crippen LogP contribution is 2.23. The molecular weight excluding hydrogens is 400 g/mol. The Hall–Kier alpha value is -3.48. The van der Waals surface area contributed by atoms with Crippen LogP contribution in [0.25, 0.3) is 22.0 Å². The van der Waals surface area contributed by atoms with Gasteiger partial charge in [0.1, 0.15) is 0 Å². The van der Waals surface area contributed by atoms with Gasteiger partial charge in [0.05, 0.1) is 31.5 Å². The number of hydrogen-bond acceptors (Lipinski definition) is 6. The van der Waals surface area contributed by atoms with Crippen LogP contribution < -0.4 is 0 Å². The van der Waals surface area contributed by atoms with E-state index in [0.29, 0.717) is 5.56 Å². The summed E-state index contributed by atoms with van der Waals surface area (Å²) < 4.78 is 5.40. The predicted molar refractivity (Wildman–Crippen MR) is 123 cm³/mol. The lowest BCUT2D eigenvalue weighted by atomic mass is 10.0. The monoisotopic (exact) mass is 424 g/mol. The number of ether oxygens (including phenoxy) is 1. The second-order valence-corrected chi connectivity index (χ2v) is 8.01. The molecule has 1 fully saturated rings. The maximum atomic E-state index is 12.9. The maximum Gasteiger partial charge on any atom is 0.168 e. The van der Waals surface area contributed by atoms with Gasteiger partial charge in [-0.1, -0.05) is 36.4 Å². The van der Waals surface area contributed by atoms with Crippen molar-refractivity contribution in [1.82, 2.24) is 19.9 Å². The molecule has 0 amide bonds. The summed E-state index contributed by atoms with van der Waals surface area (Å²) in [6, 6.07) is 16.0. The molecule has 6 nitrogen and oxygen atoms in total. The maximum absolute atomic E-state index is 12.9. The van der Waals surface area contributed by atoms with E-state index in [-0.39, 0.29) is 12.2 Å². The zero-order chi connectivity index (χ0) is 21.8. The summed E-state index contributed by atoms with van der Waals surface area (Å²) in [5.74, 6) is 0.0693. The second-order valence-electron chi connectivity index (χ2n) is 8.01. The average molecular weight is 425 g/mol. The highest BCUT2D eigenvalue weighted by molar-refractivity contribution is 5.98. The first-order valence-electron chi connectivity index (χ1n) is 10.8. The molecule has 0 radical (unpaired) electrons. The van der Waals surface area contributed by atoms with Crippen molar-refractivity contribution in [2.24, 2.45) is 0 Å². The number of carbonyl (C=O) groups excluding carboxylic acids is 1. The van der Waals surface area contributed by atoms with Crippen molar-refractivity contribution in [1.29, 1.82) is 0 Å². The van der Waals surface area contributed by atoms with Crippen molar-refractivity contribution in [2.45, 2.75) is 13.0 Å². The topological polar surface area (TPSA) is 68.2 Å². The van der Waals surface area contributed by atoms with Gasteiger partial charge in [-0.2, -0.15) is 0 Å². The van der Waals surface area contributed by atoms with E-state index in [1.807, 2.05) is 48.7 Å². The number of aromatic nitrogens is 3. The van der Waals surface area contributed by atoms with Gasteiger partial charge in [0.25, 0.3) is 0 Å². The molecule has 160 valence electrons. The normalized spacial score (nSPS) is 14.5. The lowest BCUT2D eigenvalue weighted by Crippen LogP contribution is -2.35. The summed E-state index contributed by atoms with van der Waals surface area (Å²) in [5, 5.41) is 2.06. The fraction of sp³-hybridized carbons (Fsp3) is 0.231. The van der Waals surface area contributed by atoms with E-state index in [2.05, 4.69) is 25.9 Å². The zero-order valence-corrected chi connectivity index (χ0v) is 17.8. The van der Waals surface area contributed by atoms with Crippen LogP contribution >= 0.6 is 0 Å². The fourth-order valence-corrected chi connectivity index (χ4v) is 3.97. The zero-order valence-electron chi connectivity index (χ0n) is 17.8. The fourth-order valence-electron chi connectivity index (χ4n) is 3.97. The molecule has 1 saturated heterocycles. The summed E-state index contributed by atoms with van der Waals surface area (Å²) >= 11 is 0. The van der Waals surface area contributed by atoms with E-state index in [1.165, 1.54) is 5.56 Å². The molecule has 0 spiro atoms. The predicted octanol–water partition coefficient (Wildman–Crippen LogP) is 3.95. The molecule has 0 N–H and O–H groups in total. The number of nitrogens with zero attached hydrogens (tertiary/aromatic N) is 4. The van der Waals surface area contributed by atoms with Crippen LogP contribution in [0, 0.1) is 0 Å². The quantitative estimate of drug-likeness (QED) is 0.437. The number of hydrogen-bond donors (Lipinski definition) is 0. The molecular formula is C26H24N4O2. The second kappa shape index (κ2) is 9.34. The molecule has 2 aromatic heterocycles. The van der Waals surface area contributed by atoms with Gasteiger partial charge in [-0.3, -0.25) is 24.6 Å². The Morgan fingerprint density at radius 3 is 2.53 bits per heavy atom. The van der Waals surface area contributed by atoms with Crippen LogP contribution in [0.1, 0.15) is 21.6 Å². The van der Waals surface area contributed by atoms with Gasteiger partial charge in [0.2, 0.25) is 0 Å². The molecule has 0 saturated carbocycles. The highest BCUT2D eigenvalue weighted by Gasteiger charge is 2.12. The number of pyridine rings is 1. The minimum Gasteiger partial charge on any atom is -0.379 e. The number of Topliss-reactive ketones (excluding diaryl/α,β-unsaturated/α-hetero) is 1. The van der Waals surface area contributed by atoms with Crippen molar-refractivity contribution in [2.75, 3.05) is 26.3 Å². The molecule has 1 aliphatic rings. The third-order valence-electron chi connectivity index (χ3n) is 5.76. The van der Waals surface area contributed by atoms with Crippen LogP contribution in [0.3, 0.4) is 0 Å². The first kappa shape index (κ1) is 20.4. The summed E-state index contributed by atoms with van der Waals surface area (Å²) in [7, 11) is 0. The Morgan fingerprint density at radius 2 is 1.75 bits per heavy atom. The van der Waals surface area contributed by atoms with E-state index >= 15 is 0 Å². The average Bonchev–Trinajstić information content (AvgIpc) is 2.85. The van der Waals surface area contributed by atoms with Crippen LogP contribution in [0.5, 0.6) is 0 Å². The third kappa shape index (κ3) is 4.72. The van der Waals surface area contributed by atoms with Gasteiger partial charge >= 0.3 is 0 Å². The van der Waals surface area contributed by atoms with E-state index in [0.717, 1.165) is 60.6 Å². The molecule has 0 atom stereocenters. The van der Waals surface area contributed by atoms with Crippen molar-refractivity contribution < 1.29 is 9.53 Å². The van der Waals surface area contributed by atoms with E-state index in [4.69, 9.17) is 4.74 Å². The van der Waals surface area contributed by atoms with Crippen molar-refractivity contribution in [3.8, 4) is 11.3 Å². The van der Waals surface area contributed by atoms with Gasteiger partial charge in [-0.25, -0.2) is 0 Å². The SMILES string of the molecule is O=C(Cc1cc2cc(-c3cnccn3)ccc2cn1)c1ccc(CN2CCOCC2)cc1. The molecule has 1 aliphatic heterocycles. The van der Waals surface area contributed by atoms with E-state index < -0.39 is 0 Å². The minimum atomic E-state index is 0.0693. The van der Waals surface area contributed by atoms with Crippen LogP contribution in [0.4, 0.5) is 0 Å². The van der Waals surface area contributed by atoms with Crippen molar-refractivity contribution >= 4 is 16.6 Å². The largest absolute Gasteiger partial charge is 0.379 e. The van der Waals surface area contributed by atoms with Crippen molar-refractivity contribution in [3.63, 3.8) is 0 Å². The Bertz CT molecular complexity index is 1220. The Morgan fingerprint density at radius 1 is 0.906 bits per heavy atom. The molecule has 3 heterocycles. The molecule has 4 aromatic rings. The lowest BCUT2D eigenvalue weighted by molar-refractivity contribution is 0.0342. The Labute approximate surface area is 186 Å². The van der Waals surface area contributed by atoms with Gasteiger partial charge in [-0.15, -0.1) is 0 Å². The molecule has 0 aliphatic carbocycles. The Balaban J connectivity index is 1.29. The molecule has 0 unspecified atom stereocenters. The smallest absolute Gasteiger partial charge is 0.168 e. The summed E-state index contributed by atoms with van der Waals surface area (Å²) in [6.45, 7) is 4.36. The molecule has 5 rings (SSSR count).